The topological polar surface area (TPSA) is 95.2 Å². The highest BCUT2D eigenvalue weighted by Gasteiger charge is 2.18. The Labute approximate surface area is 224 Å². The van der Waals surface area contributed by atoms with Crippen LogP contribution in [0.2, 0.25) is 0 Å². The predicted molar refractivity (Wildman–Crippen MR) is 151 cm³/mol. The predicted octanol–water partition coefficient (Wildman–Crippen LogP) is 6.65. The van der Waals surface area contributed by atoms with Gasteiger partial charge in [-0.1, -0.05) is 43.2 Å². The van der Waals surface area contributed by atoms with E-state index < -0.39 is 0 Å². The van der Waals surface area contributed by atoms with Gasteiger partial charge < -0.3 is 10.3 Å². The van der Waals surface area contributed by atoms with Crippen molar-refractivity contribution in [1.29, 1.82) is 0 Å². The summed E-state index contributed by atoms with van der Waals surface area (Å²) in [7, 11) is 0. The summed E-state index contributed by atoms with van der Waals surface area (Å²) in [5, 5.41) is 12.1. The number of H-pyrrole nitrogens is 2. The second-order valence-corrected chi connectivity index (χ2v) is 10.3. The molecule has 6 aromatic rings. The van der Waals surface area contributed by atoms with Gasteiger partial charge in [0.2, 0.25) is 0 Å². The molecule has 1 aliphatic rings. The molecule has 0 spiro atoms. The van der Waals surface area contributed by atoms with Crippen molar-refractivity contribution in [2.75, 3.05) is 6.54 Å². The zero-order valence-corrected chi connectivity index (χ0v) is 21.4. The average Bonchev–Trinajstić information content (AvgIpc) is 3.73. The Kier molecular flexibility index (Phi) is 6.09. The van der Waals surface area contributed by atoms with E-state index in [2.05, 4.69) is 36.5 Å². The molecule has 194 valence electrons. The molecule has 8 heteroatoms. The molecule has 0 amide bonds. The largest absolute Gasteiger partial charge is 0.337 e. The van der Waals surface area contributed by atoms with Crippen molar-refractivity contribution in [3.05, 3.63) is 84.6 Å². The van der Waals surface area contributed by atoms with Gasteiger partial charge in [-0.3, -0.25) is 15.1 Å². The zero-order chi connectivity index (χ0) is 26.2. The molecule has 4 heterocycles. The van der Waals surface area contributed by atoms with E-state index in [1.165, 1.54) is 31.7 Å². The van der Waals surface area contributed by atoms with Crippen LogP contribution in [-0.4, -0.2) is 36.7 Å². The highest BCUT2D eigenvalue weighted by atomic mass is 19.1. The van der Waals surface area contributed by atoms with Crippen LogP contribution in [0.4, 0.5) is 4.39 Å². The minimum absolute atomic E-state index is 0.278. The van der Waals surface area contributed by atoms with Crippen LogP contribution < -0.4 is 5.32 Å². The van der Waals surface area contributed by atoms with Crippen LogP contribution in [0.5, 0.6) is 0 Å². The molecule has 1 saturated carbocycles. The molecule has 1 fully saturated rings. The maximum absolute atomic E-state index is 14.6. The van der Waals surface area contributed by atoms with Gasteiger partial charge in [0.05, 0.1) is 28.4 Å². The first-order valence-corrected chi connectivity index (χ1v) is 13.5. The van der Waals surface area contributed by atoms with Crippen LogP contribution in [0, 0.1) is 11.7 Å². The lowest BCUT2D eigenvalue weighted by atomic mass is 10.0. The van der Waals surface area contributed by atoms with Crippen LogP contribution in [0.3, 0.4) is 0 Å². The van der Waals surface area contributed by atoms with E-state index in [9.17, 15) is 4.39 Å². The smallest absolute Gasteiger partial charge is 0.159 e. The number of pyridine rings is 2. The van der Waals surface area contributed by atoms with Crippen LogP contribution >= 0.6 is 0 Å². The van der Waals surface area contributed by atoms with Gasteiger partial charge in [-0.05, 0) is 55.1 Å². The molecular formula is C31H28FN7. The molecule has 39 heavy (non-hydrogen) atoms. The number of hydrogen-bond acceptors (Lipinski definition) is 5. The van der Waals surface area contributed by atoms with Crippen LogP contribution in [-0.2, 0) is 6.54 Å². The molecule has 0 atom stereocenters. The van der Waals surface area contributed by atoms with Gasteiger partial charge in [-0.2, -0.15) is 5.10 Å². The first-order chi connectivity index (χ1) is 19.2. The second kappa shape index (κ2) is 10.0. The average molecular weight is 518 g/mol. The second-order valence-electron chi connectivity index (χ2n) is 10.3. The van der Waals surface area contributed by atoms with E-state index >= 15 is 0 Å². The number of hydrogen-bond donors (Lipinski definition) is 3. The summed E-state index contributed by atoms with van der Waals surface area (Å²) in [5.41, 5.74) is 7.18. The van der Waals surface area contributed by atoms with Gasteiger partial charge in [-0.25, -0.2) is 9.37 Å². The number of nitrogens with zero attached hydrogens (tertiary/aromatic N) is 4. The Balaban J connectivity index is 1.21. The number of aromatic nitrogens is 6. The Bertz CT molecular complexity index is 1780. The van der Waals surface area contributed by atoms with Crippen LogP contribution in [0.1, 0.15) is 31.2 Å². The monoisotopic (exact) mass is 517 g/mol. The maximum atomic E-state index is 14.6. The van der Waals surface area contributed by atoms with Crippen LogP contribution in [0.15, 0.2) is 73.2 Å². The number of benzene rings is 2. The van der Waals surface area contributed by atoms with E-state index in [0.717, 1.165) is 57.8 Å². The van der Waals surface area contributed by atoms with Gasteiger partial charge >= 0.3 is 0 Å². The van der Waals surface area contributed by atoms with Crippen LogP contribution in [0.25, 0.3) is 55.8 Å². The number of para-hydroxylation sites is 1. The van der Waals surface area contributed by atoms with E-state index in [0.29, 0.717) is 22.6 Å². The van der Waals surface area contributed by atoms with Crippen molar-refractivity contribution in [3.63, 3.8) is 0 Å². The number of fused-ring (bicyclic) bond motifs is 2. The molecule has 0 radical (unpaired) electrons. The molecule has 7 nitrogen and oxygen atoms in total. The van der Waals surface area contributed by atoms with Gasteiger partial charge in [0.1, 0.15) is 11.5 Å². The lowest BCUT2D eigenvalue weighted by Crippen LogP contribution is -2.20. The van der Waals surface area contributed by atoms with Crippen molar-refractivity contribution >= 4 is 21.9 Å². The Morgan fingerprint density at radius 2 is 1.79 bits per heavy atom. The minimum Gasteiger partial charge on any atom is -0.337 e. The third-order valence-corrected chi connectivity index (χ3v) is 7.68. The molecule has 7 rings (SSSR count). The fourth-order valence-electron chi connectivity index (χ4n) is 5.66. The third-order valence-electron chi connectivity index (χ3n) is 7.68. The zero-order valence-electron chi connectivity index (χ0n) is 21.4. The summed E-state index contributed by atoms with van der Waals surface area (Å²) in [5.74, 6) is 1.13. The summed E-state index contributed by atoms with van der Waals surface area (Å²) in [6.07, 6.45) is 10.9. The van der Waals surface area contributed by atoms with Crippen molar-refractivity contribution in [2.45, 2.75) is 32.2 Å². The van der Waals surface area contributed by atoms with Gasteiger partial charge in [0.25, 0.3) is 0 Å². The lowest BCUT2D eigenvalue weighted by Gasteiger charge is -2.11. The fraction of sp³-hybridized carbons (Fsp3) is 0.226. The normalized spacial score (nSPS) is 14.1. The molecule has 0 aliphatic heterocycles. The number of nitrogens with one attached hydrogen (secondary N) is 3. The third kappa shape index (κ3) is 4.57. The van der Waals surface area contributed by atoms with Gasteiger partial charge in [0, 0.05) is 41.0 Å². The molecule has 0 saturated heterocycles. The Morgan fingerprint density at radius 3 is 2.69 bits per heavy atom. The number of halogens is 1. The van der Waals surface area contributed by atoms with Gasteiger partial charge in [-0.15, -0.1) is 0 Å². The summed E-state index contributed by atoms with van der Waals surface area (Å²) < 4.78 is 14.6. The quantitative estimate of drug-likeness (QED) is 0.220. The summed E-state index contributed by atoms with van der Waals surface area (Å²) in [6, 6.07) is 16.6. The first kappa shape index (κ1) is 23.7. The number of aromatic amines is 2. The summed E-state index contributed by atoms with van der Waals surface area (Å²) in [6.45, 7) is 1.85. The first-order valence-electron chi connectivity index (χ1n) is 13.5. The van der Waals surface area contributed by atoms with Crippen molar-refractivity contribution in [1.82, 2.24) is 35.5 Å². The van der Waals surface area contributed by atoms with Crippen molar-refractivity contribution in [3.8, 4) is 33.9 Å². The van der Waals surface area contributed by atoms with Crippen molar-refractivity contribution in [2.24, 2.45) is 5.92 Å². The van der Waals surface area contributed by atoms with Gasteiger partial charge in [0.15, 0.2) is 5.82 Å². The highest BCUT2D eigenvalue weighted by Crippen LogP contribution is 2.33. The molecule has 0 bridgehead atoms. The maximum Gasteiger partial charge on any atom is 0.159 e. The molecular weight excluding hydrogens is 489 g/mol. The lowest BCUT2D eigenvalue weighted by molar-refractivity contribution is 0.489. The molecule has 4 aromatic heterocycles. The Hall–Kier alpha value is -4.43. The van der Waals surface area contributed by atoms with E-state index in [-0.39, 0.29) is 5.82 Å². The van der Waals surface area contributed by atoms with E-state index in [1.807, 2.05) is 42.7 Å². The standard InChI is InChI=1S/C31H28FN7/c32-25-10-4-3-8-22(25)23-9-5-11-26-29(23)37-31(36-26)30-24-13-27(35-18-28(24)38-39-30)21-12-20(16-34-17-21)15-33-14-19-6-1-2-7-19/h3-5,8-13,16-19,33H,1-2,6-7,14-15H2,(H,36,37)(H,38,39). The molecule has 3 N–H and O–H groups in total. The summed E-state index contributed by atoms with van der Waals surface area (Å²) >= 11 is 0. The minimum atomic E-state index is -0.278. The molecule has 2 aromatic carbocycles. The van der Waals surface area contributed by atoms with Crippen molar-refractivity contribution < 1.29 is 4.39 Å². The van der Waals surface area contributed by atoms with E-state index in [1.54, 1.807) is 18.3 Å². The fourth-order valence-corrected chi connectivity index (χ4v) is 5.66. The van der Waals surface area contributed by atoms with E-state index in [4.69, 9.17) is 4.98 Å². The number of imidazole rings is 1. The molecule has 1 aliphatic carbocycles. The SMILES string of the molecule is Fc1ccccc1-c1cccc2[nH]c(-c3n[nH]c4cnc(-c5cncc(CNCC6CCCC6)c5)cc34)nc12. The Morgan fingerprint density at radius 1 is 0.923 bits per heavy atom. The number of rotatable bonds is 7. The summed E-state index contributed by atoms with van der Waals surface area (Å²) in [4.78, 5) is 17.4. The molecule has 0 unspecified atom stereocenters. The highest BCUT2D eigenvalue weighted by molar-refractivity contribution is 5.97.